The van der Waals surface area contributed by atoms with E-state index in [-0.39, 0.29) is 17.7 Å². The second-order valence-corrected chi connectivity index (χ2v) is 10.7. The van der Waals surface area contributed by atoms with Gasteiger partial charge >= 0.3 is 0 Å². The highest BCUT2D eigenvalue weighted by atomic mass is 32.2. The van der Waals surface area contributed by atoms with E-state index < -0.39 is 9.84 Å². The summed E-state index contributed by atoms with van der Waals surface area (Å²) in [4.78, 5) is 7.16. The minimum Gasteiger partial charge on any atom is -0.381 e. The Bertz CT molecular complexity index is 767. The van der Waals surface area contributed by atoms with Crippen LogP contribution in [0.2, 0.25) is 0 Å². The Morgan fingerprint density at radius 2 is 1.93 bits per heavy atom. The first-order valence-electron chi connectivity index (χ1n) is 10.6. The Morgan fingerprint density at radius 1 is 1.24 bits per heavy atom. The first kappa shape index (κ1) is 23.7. The smallest absolute Gasteiger partial charge is 0.193 e. The summed E-state index contributed by atoms with van der Waals surface area (Å²) < 4.78 is 31.0. The van der Waals surface area contributed by atoms with Crippen molar-refractivity contribution in [3.8, 4) is 0 Å². The van der Waals surface area contributed by atoms with E-state index >= 15 is 0 Å². The largest absolute Gasteiger partial charge is 0.381 e. The summed E-state index contributed by atoms with van der Waals surface area (Å²) in [6.45, 7) is 14.7. The summed E-state index contributed by atoms with van der Waals surface area (Å²) in [5.74, 6) is 1.31. The van der Waals surface area contributed by atoms with Crippen LogP contribution in [-0.4, -0.2) is 64.4 Å². The summed E-state index contributed by atoms with van der Waals surface area (Å²) in [5.41, 5.74) is 1.13. The van der Waals surface area contributed by atoms with Gasteiger partial charge in [-0.25, -0.2) is 8.42 Å². The molecule has 1 atom stereocenters. The highest BCUT2D eigenvalue weighted by molar-refractivity contribution is 7.91. The molecule has 1 unspecified atom stereocenters. The second kappa shape index (κ2) is 10.4. The average Bonchev–Trinajstić information content (AvgIpc) is 3.14. The van der Waals surface area contributed by atoms with Crippen LogP contribution >= 0.6 is 0 Å². The van der Waals surface area contributed by atoms with Gasteiger partial charge in [0.1, 0.15) is 0 Å². The maximum absolute atomic E-state index is 12.7. The molecule has 0 saturated carbocycles. The first-order chi connectivity index (χ1) is 13.7. The van der Waals surface area contributed by atoms with Crippen LogP contribution in [0, 0.1) is 5.92 Å². The molecule has 1 aliphatic heterocycles. The van der Waals surface area contributed by atoms with E-state index in [4.69, 9.17) is 4.74 Å². The molecule has 1 N–H and O–H groups in total. The van der Waals surface area contributed by atoms with Crippen LogP contribution in [0.5, 0.6) is 0 Å². The lowest BCUT2D eigenvalue weighted by molar-refractivity contribution is 0.114. The molecule has 1 aromatic carbocycles. The zero-order valence-corrected chi connectivity index (χ0v) is 19.4. The molecular weight excluding hydrogens is 386 g/mol. The fourth-order valence-electron chi connectivity index (χ4n) is 3.42. The number of hydrogen-bond acceptors (Lipinski definition) is 4. The number of sulfone groups is 1. The monoisotopic (exact) mass is 423 g/mol. The van der Waals surface area contributed by atoms with Crippen LogP contribution in [0.25, 0.3) is 0 Å². The van der Waals surface area contributed by atoms with Crippen LogP contribution < -0.4 is 5.32 Å². The summed E-state index contributed by atoms with van der Waals surface area (Å²) in [6.07, 6.45) is 1.07. The number of guanidine groups is 1. The SMILES string of the molecule is CCNC(=NCCS(=O)(=O)c1ccc(C(C)(C)C)cc1)N1CCC(COCC)C1. The molecule has 2 rings (SSSR count). The quantitative estimate of drug-likeness (QED) is 0.514. The Balaban J connectivity index is 1.99. The molecule has 6 nitrogen and oxygen atoms in total. The Hall–Kier alpha value is -1.60. The van der Waals surface area contributed by atoms with Crippen molar-refractivity contribution in [1.82, 2.24) is 10.2 Å². The molecule has 1 aliphatic rings. The van der Waals surface area contributed by atoms with Gasteiger partial charge in [0.15, 0.2) is 15.8 Å². The van der Waals surface area contributed by atoms with Gasteiger partial charge in [-0.15, -0.1) is 0 Å². The lowest BCUT2D eigenvalue weighted by atomic mass is 9.87. The fourth-order valence-corrected chi connectivity index (χ4v) is 4.54. The standard InChI is InChI=1S/C22H37N3O3S/c1-6-23-21(25-14-12-18(16-25)17-28-7-2)24-13-15-29(26,27)20-10-8-19(9-11-20)22(3,4)5/h8-11,18H,6-7,12-17H2,1-5H3,(H,23,24). The van der Waals surface area contributed by atoms with E-state index in [0.717, 1.165) is 50.8 Å². The van der Waals surface area contributed by atoms with Crippen molar-refractivity contribution in [1.29, 1.82) is 0 Å². The third-order valence-corrected chi connectivity index (χ3v) is 6.89. The van der Waals surface area contributed by atoms with Gasteiger partial charge in [0.25, 0.3) is 0 Å². The molecule has 7 heteroatoms. The molecular formula is C22H37N3O3S. The predicted molar refractivity (Wildman–Crippen MR) is 119 cm³/mol. The van der Waals surface area contributed by atoms with E-state index in [0.29, 0.717) is 10.8 Å². The molecule has 164 valence electrons. The average molecular weight is 424 g/mol. The highest BCUT2D eigenvalue weighted by Gasteiger charge is 2.25. The first-order valence-corrected chi connectivity index (χ1v) is 12.3. The van der Waals surface area contributed by atoms with Crippen molar-refractivity contribution in [2.24, 2.45) is 10.9 Å². The van der Waals surface area contributed by atoms with Crippen LogP contribution in [0.15, 0.2) is 34.2 Å². The van der Waals surface area contributed by atoms with E-state index in [1.54, 1.807) is 12.1 Å². The van der Waals surface area contributed by atoms with Crippen LogP contribution in [0.3, 0.4) is 0 Å². The normalized spacial score (nSPS) is 18.3. The molecule has 0 aliphatic carbocycles. The Labute approximate surface area is 176 Å². The number of benzene rings is 1. The summed E-state index contributed by atoms with van der Waals surface area (Å²) >= 11 is 0. The van der Waals surface area contributed by atoms with E-state index in [1.807, 2.05) is 26.0 Å². The minimum absolute atomic E-state index is 0.00304. The molecule has 0 bridgehead atoms. The van der Waals surface area contributed by atoms with Gasteiger partial charge in [-0.1, -0.05) is 32.9 Å². The van der Waals surface area contributed by atoms with Gasteiger partial charge in [0.05, 0.1) is 23.8 Å². The highest BCUT2D eigenvalue weighted by Crippen LogP contribution is 2.24. The van der Waals surface area contributed by atoms with Crippen LogP contribution in [0.4, 0.5) is 0 Å². The van der Waals surface area contributed by atoms with Crippen molar-refractivity contribution in [2.45, 2.75) is 51.3 Å². The van der Waals surface area contributed by atoms with Crippen molar-refractivity contribution >= 4 is 15.8 Å². The summed E-state index contributed by atoms with van der Waals surface area (Å²) in [6, 6.07) is 7.24. The Morgan fingerprint density at radius 3 is 2.52 bits per heavy atom. The molecule has 1 fully saturated rings. The minimum atomic E-state index is -3.35. The van der Waals surface area contributed by atoms with Crippen LogP contribution in [-0.2, 0) is 20.0 Å². The molecule has 0 spiro atoms. The molecule has 29 heavy (non-hydrogen) atoms. The molecule has 0 amide bonds. The number of aliphatic imine (C=N–C) groups is 1. The lowest BCUT2D eigenvalue weighted by Gasteiger charge is -2.21. The van der Waals surface area contributed by atoms with E-state index in [2.05, 4.69) is 36.0 Å². The van der Waals surface area contributed by atoms with Crippen molar-refractivity contribution < 1.29 is 13.2 Å². The summed E-state index contributed by atoms with van der Waals surface area (Å²) in [7, 11) is -3.35. The molecule has 1 heterocycles. The number of ether oxygens (including phenoxy) is 1. The number of nitrogens with zero attached hydrogens (tertiary/aromatic N) is 2. The molecule has 1 aromatic rings. The van der Waals surface area contributed by atoms with Crippen molar-refractivity contribution in [3.05, 3.63) is 29.8 Å². The van der Waals surface area contributed by atoms with E-state index in [9.17, 15) is 8.42 Å². The van der Waals surface area contributed by atoms with Gasteiger partial charge in [-0.3, -0.25) is 4.99 Å². The van der Waals surface area contributed by atoms with Gasteiger partial charge < -0.3 is 15.0 Å². The number of rotatable bonds is 8. The molecule has 0 radical (unpaired) electrons. The van der Waals surface area contributed by atoms with Gasteiger partial charge in [0.2, 0.25) is 0 Å². The van der Waals surface area contributed by atoms with Gasteiger partial charge in [0, 0.05) is 32.2 Å². The van der Waals surface area contributed by atoms with E-state index in [1.165, 1.54) is 0 Å². The second-order valence-electron chi connectivity index (χ2n) is 8.59. The zero-order valence-electron chi connectivity index (χ0n) is 18.6. The summed E-state index contributed by atoms with van der Waals surface area (Å²) in [5, 5.41) is 3.29. The molecule has 1 saturated heterocycles. The third kappa shape index (κ3) is 7.00. The molecule has 0 aromatic heterocycles. The number of hydrogen-bond donors (Lipinski definition) is 1. The van der Waals surface area contributed by atoms with Crippen molar-refractivity contribution in [2.75, 3.05) is 45.1 Å². The topological polar surface area (TPSA) is 71.0 Å². The predicted octanol–water partition coefficient (Wildman–Crippen LogP) is 3.08. The number of nitrogens with one attached hydrogen (secondary N) is 1. The third-order valence-electron chi connectivity index (χ3n) is 5.18. The van der Waals surface area contributed by atoms with Gasteiger partial charge in [-0.05, 0) is 43.4 Å². The van der Waals surface area contributed by atoms with Crippen molar-refractivity contribution in [3.63, 3.8) is 0 Å². The van der Waals surface area contributed by atoms with Gasteiger partial charge in [-0.2, -0.15) is 0 Å². The van der Waals surface area contributed by atoms with Crippen LogP contribution in [0.1, 0.15) is 46.6 Å². The Kier molecular flexibility index (Phi) is 8.52. The maximum atomic E-state index is 12.7. The zero-order chi connectivity index (χ0) is 21.5. The fraction of sp³-hybridized carbons (Fsp3) is 0.682. The number of likely N-dealkylation sites (tertiary alicyclic amines) is 1. The lowest BCUT2D eigenvalue weighted by Crippen LogP contribution is -2.40. The maximum Gasteiger partial charge on any atom is 0.193 e.